The summed E-state index contributed by atoms with van der Waals surface area (Å²) in [4.78, 5) is 24.0. The Bertz CT molecular complexity index is 829. The van der Waals surface area contributed by atoms with Crippen LogP contribution in [0.5, 0.6) is 0 Å². The first-order valence-electron chi connectivity index (χ1n) is 10.4. The first-order chi connectivity index (χ1) is 13.6. The van der Waals surface area contributed by atoms with Gasteiger partial charge in [0.15, 0.2) is 0 Å². The molecule has 1 amide bonds. The molecule has 1 unspecified atom stereocenters. The van der Waals surface area contributed by atoms with E-state index in [1.54, 1.807) is 6.20 Å². The Morgan fingerprint density at radius 3 is 2.39 bits per heavy atom. The standard InChI is InChI=1S/C23H30N4O/c1-18-5-3-7-20(15-18)25-11-13-26(14-12-25)21-8-9-24-22(16-21)23(28)27-10-4-6-19(2)17-27/h3,5,7-9,15-16,19H,4,6,10-14,17H2,1-2H3. The molecule has 0 saturated carbocycles. The molecule has 5 heteroatoms. The number of likely N-dealkylation sites (tertiary alicyclic amines) is 1. The van der Waals surface area contributed by atoms with Crippen LogP contribution in [0.15, 0.2) is 42.6 Å². The molecule has 0 N–H and O–H groups in total. The third-order valence-electron chi connectivity index (χ3n) is 5.92. The molecule has 0 bridgehead atoms. The van der Waals surface area contributed by atoms with Crippen molar-refractivity contribution in [1.82, 2.24) is 9.88 Å². The van der Waals surface area contributed by atoms with Crippen molar-refractivity contribution < 1.29 is 4.79 Å². The molecular formula is C23H30N4O. The molecule has 2 aliphatic heterocycles. The van der Waals surface area contributed by atoms with Crippen LogP contribution < -0.4 is 9.80 Å². The number of carbonyl (C=O) groups is 1. The van der Waals surface area contributed by atoms with Crippen molar-refractivity contribution in [2.24, 2.45) is 5.92 Å². The van der Waals surface area contributed by atoms with Gasteiger partial charge in [0.2, 0.25) is 0 Å². The van der Waals surface area contributed by atoms with E-state index in [0.29, 0.717) is 11.6 Å². The van der Waals surface area contributed by atoms with E-state index in [0.717, 1.165) is 51.4 Å². The highest BCUT2D eigenvalue weighted by molar-refractivity contribution is 5.93. The zero-order valence-corrected chi connectivity index (χ0v) is 17.0. The second-order valence-corrected chi connectivity index (χ2v) is 8.21. The largest absolute Gasteiger partial charge is 0.368 e. The van der Waals surface area contributed by atoms with Crippen molar-refractivity contribution in [1.29, 1.82) is 0 Å². The fourth-order valence-corrected chi connectivity index (χ4v) is 4.32. The highest BCUT2D eigenvalue weighted by Crippen LogP contribution is 2.23. The Labute approximate surface area is 168 Å². The van der Waals surface area contributed by atoms with Gasteiger partial charge in [0.1, 0.15) is 5.69 Å². The number of amides is 1. The Kier molecular flexibility index (Phi) is 5.51. The lowest BCUT2D eigenvalue weighted by atomic mass is 10.00. The fourth-order valence-electron chi connectivity index (χ4n) is 4.32. The fraction of sp³-hybridized carbons (Fsp3) is 0.478. The number of anilines is 2. The molecule has 4 rings (SSSR count). The monoisotopic (exact) mass is 378 g/mol. The summed E-state index contributed by atoms with van der Waals surface area (Å²) >= 11 is 0. The molecule has 148 valence electrons. The number of hydrogen-bond acceptors (Lipinski definition) is 4. The van der Waals surface area contributed by atoms with Gasteiger partial charge in [-0.2, -0.15) is 0 Å². The van der Waals surface area contributed by atoms with Gasteiger partial charge >= 0.3 is 0 Å². The van der Waals surface area contributed by atoms with E-state index in [1.807, 2.05) is 17.0 Å². The van der Waals surface area contributed by atoms with Crippen LogP contribution >= 0.6 is 0 Å². The van der Waals surface area contributed by atoms with Crippen LogP contribution in [0.25, 0.3) is 0 Å². The molecule has 3 heterocycles. The number of piperazine rings is 1. The summed E-state index contributed by atoms with van der Waals surface area (Å²) in [6, 6.07) is 12.7. The summed E-state index contributed by atoms with van der Waals surface area (Å²) in [7, 11) is 0. The van der Waals surface area contributed by atoms with Crippen molar-refractivity contribution in [2.45, 2.75) is 26.7 Å². The summed E-state index contributed by atoms with van der Waals surface area (Å²) in [5.74, 6) is 0.655. The maximum absolute atomic E-state index is 12.9. The van der Waals surface area contributed by atoms with Crippen molar-refractivity contribution in [2.75, 3.05) is 49.1 Å². The van der Waals surface area contributed by atoms with Crippen LogP contribution in [0.4, 0.5) is 11.4 Å². The van der Waals surface area contributed by atoms with Gasteiger partial charge in [0.25, 0.3) is 5.91 Å². The summed E-state index contributed by atoms with van der Waals surface area (Å²) in [6.45, 7) is 9.93. The topological polar surface area (TPSA) is 39.7 Å². The Hall–Kier alpha value is -2.56. The highest BCUT2D eigenvalue weighted by atomic mass is 16.2. The van der Waals surface area contributed by atoms with Gasteiger partial charge in [-0.05, 0) is 55.5 Å². The molecule has 28 heavy (non-hydrogen) atoms. The van der Waals surface area contributed by atoms with Crippen LogP contribution in [0, 0.1) is 12.8 Å². The summed E-state index contributed by atoms with van der Waals surface area (Å²) in [5.41, 5.74) is 4.27. The third kappa shape index (κ3) is 4.13. The average molecular weight is 379 g/mol. The lowest BCUT2D eigenvalue weighted by molar-refractivity contribution is 0.0677. The minimum atomic E-state index is 0.0757. The quantitative estimate of drug-likeness (QED) is 0.818. The summed E-state index contributed by atoms with van der Waals surface area (Å²) in [6.07, 6.45) is 4.08. The van der Waals surface area contributed by atoms with E-state index >= 15 is 0 Å². The molecule has 0 aliphatic carbocycles. The molecule has 2 aliphatic rings. The second-order valence-electron chi connectivity index (χ2n) is 8.21. The second kappa shape index (κ2) is 8.21. The lowest BCUT2D eigenvalue weighted by Gasteiger charge is -2.37. The van der Waals surface area contributed by atoms with Crippen LogP contribution in [-0.4, -0.2) is 55.1 Å². The van der Waals surface area contributed by atoms with Gasteiger partial charge < -0.3 is 14.7 Å². The van der Waals surface area contributed by atoms with E-state index in [2.05, 4.69) is 52.9 Å². The molecule has 0 spiro atoms. The number of carbonyl (C=O) groups excluding carboxylic acids is 1. The Balaban J connectivity index is 1.42. The van der Waals surface area contributed by atoms with Gasteiger partial charge in [0, 0.05) is 56.8 Å². The van der Waals surface area contributed by atoms with Crippen LogP contribution in [-0.2, 0) is 0 Å². The maximum atomic E-state index is 12.9. The van der Waals surface area contributed by atoms with Gasteiger partial charge in [-0.3, -0.25) is 9.78 Å². The maximum Gasteiger partial charge on any atom is 0.272 e. The molecule has 1 aromatic heterocycles. The number of rotatable bonds is 3. The van der Waals surface area contributed by atoms with Crippen LogP contribution in [0.3, 0.4) is 0 Å². The van der Waals surface area contributed by atoms with Gasteiger partial charge in [-0.1, -0.05) is 19.1 Å². The molecule has 2 fully saturated rings. The van der Waals surface area contributed by atoms with Crippen molar-refractivity contribution in [3.8, 4) is 0 Å². The van der Waals surface area contributed by atoms with Crippen LogP contribution in [0.2, 0.25) is 0 Å². The van der Waals surface area contributed by atoms with Crippen molar-refractivity contribution in [3.63, 3.8) is 0 Å². The normalized spacial score (nSPS) is 20.4. The lowest BCUT2D eigenvalue weighted by Crippen LogP contribution is -2.46. The molecular weight excluding hydrogens is 348 g/mol. The van der Waals surface area contributed by atoms with Crippen molar-refractivity contribution >= 4 is 17.3 Å². The first kappa shape index (κ1) is 18.8. The third-order valence-corrected chi connectivity index (χ3v) is 5.92. The molecule has 2 saturated heterocycles. The molecule has 2 aromatic rings. The average Bonchev–Trinajstić information content (AvgIpc) is 2.73. The molecule has 1 atom stereocenters. The first-order valence-corrected chi connectivity index (χ1v) is 10.4. The summed E-state index contributed by atoms with van der Waals surface area (Å²) < 4.78 is 0. The molecule has 1 aromatic carbocycles. The SMILES string of the molecule is Cc1cccc(N2CCN(c3ccnc(C(=O)N4CCCC(C)C4)c3)CC2)c1. The minimum Gasteiger partial charge on any atom is -0.368 e. The van der Waals surface area contributed by atoms with Gasteiger partial charge in [-0.15, -0.1) is 0 Å². The number of hydrogen-bond donors (Lipinski definition) is 0. The number of benzene rings is 1. The number of piperidine rings is 1. The molecule has 0 radical (unpaired) electrons. The zero-order chi connectivity index (χ0) is 19.5. The number of aromatic nitrogens is 1. The van der Waals surface area contributed by atoms with E-state index in [4.69, 9.17) is 0 Å². The Morgan fingerprint density at radius 1 is 1.00 bits per heavy atom. The summed E-state index contributed by atoms with van der Waals surface area (Å²) in [5, 5.41) is 0. The minimum absolute atomic E-state index is 0.0757. The van der Waals surface area contributed by atoms with E-state index in [9.17, 15) is 4.79 Å². The number of nitrogens with zero attached hydrogens (tertiary/aromatic N) is 4. The van der Waals surface area contributed by atoms with Crippen molar-refractivity contribution in [3.05, 3.63) is 53.9 Å². The van der Waals surface area contributed by atoms with E-state index < -0.39 is 0 Å². The molecule has 5 nitrogen and oxygen atoms in total. The predicted molar refractivity (Wildman–Crippen MR) is 114 cm³/mol. The van der Waals surface area contributed by atoms with E-state index in [1.165, 1.54) is 17.7 Å². The van der Waals surface area contributed by atoms with Crippen LogP contribution in [0.1, 0.15) is 35.8 Å². The predicted octanol–water partition coefficient (Wildman–Crippen LogP) is 3.59. The smallest absolute Gasteiger partial charge is 0.272 e. The number of aryl methyl sites for hydroxylation is 1. The Morgan fingerprint density at radius 2 is 1.71 bits per heavy atom. The van der Waals surface area contributed by atoms with E-state index in [-0.39, 0.29) is 5.91 Å². The van der Waals surface area contributed by atoms with Gasteiger partial charge in [-0.25, -0.2) is 0 Å². The number of pyridine rings is 1. The highest BCUT2D eigenvalue weighted by Gasteiger charge is 2.24. The zero-order valence-electron chi connectivity index (χ0n) is 17.0. The van der Waals surface area contributed by atoms with Gasteiger partial charge in [0.05, 0.1) is 0 Å².